The molecule has 1 aromatic heterocycles. The van der Waals surface area contributed by atoms with Crippen molar-refractivity contribution in [3.63, 3.8) is 0 Å². The lowest BCUT2D eigenvalue weighted by Gasteiger charge is -2.08. The Balaban J connectivity index is 1.57. The third-order valence-corrected chi connectivity index (χ3v) is 4.74. The Morgan fingerprint density at radius 1 is 0.714 bits per heavy atom. The minimum atomic E-state index is -1.38. The zero-order chi connectivity index (χ0) is 25.2. The summed E-state index contributed by atoms with van der Waals surface area (Å²) in [6, 6.07) is 14.7. The van der Waals surface area contributed by atoms with Gasteiger partial charge >= 0.3 is 12.2 Å². The van der Waals surface area contributed by atoms with Crippen LogP contribution in [0.25, 0.3) is 22.5 Å². The third-order valence-electron chi connectivity index (χ3n) is 4.74. The van der Waals surface area contributed by atoms with Gasteiger partial charge in [-0.05, 0) is 24.3 Å². The van der Waals surface area contributed by atoms with Gasteiger partial charge in [-0.25, -0.2) is 9.59 Å². The SMILES string of the molecule is O=C(O)NC(=O)CCNc1ccc(-c2nn[nH]c2-c2ccc(NCCC(=O)NC(=O)O)cc2)cc1. The van der Waals surface area contributed by atoms with Gasteiger partial charge in [-0.15, -0.1) is 5.10 Å². The van der Waals surface area contributed by atoms with Gasteiger partial charge in [0.05, 0.1) is 5.69 Å². The number of H-pyrrole nitrogens is 1. The van der Waals surface area contributed by atoms with Gasteiger partial charge in [0, 0.05) is 48.4 Å². The number of aromatic nitrogens is 3. The number of imide groups is 2. The van der Waals surface area contributed by atoms with Crippen LogP contribution in [0.3, 0.4) is 0 Å². The maximum absolute atomic E-state index is 11.4. The minimum absolute atomic E-state index is 0.0157. The molecule has 4 amide bonds. The minimum Gasteiger partial charge on any atom is -0.465 e. The Morgan fingerprint density at radius 3 is 1.63 bits per heavy atom. The van der Waals surface area contributed by atoms with E-state index in [0.717, 1.165) is 22.5 Å². The van der Waals surface area contributed by atoms with Gasteiger partial charge in [0.1, 0.15) is 5.69 Å². The fourth-order valence-corrected chi connectivity index (χ4v) is 3.14. The number of aromatic amines is 1. The molecule has 0 aliphatic carbocycles. The number of nitrogens with one attached hydrogen (secondary N) is 5. The summed E-state index contributed by atoms with van der Waals surface area (Å²) < 4.78 is 0. The largest absolute Gasteiger partial charge is 0.465 e. The standard InChI is InChI=1S/C22H23N7O6/c30-17(25-21(32)33)9-11-23-15-5-1-13(2-6-15)19-20(28-29-27-19)14-3-7-16(8-4-14)24-12-10-18(31)26-22(34)35/h1-8,23-24H,9-12H2,(H,25,30)(H,26,31)(H,32,33)(H,34,35)(H,27,28,29). The maximum atomic E-state index is 11.4. The van der Waals surface area contributed by atoms with Crippen molar-refractivity contribution < 1.29 is 29.4 Å². The Morgan fingerprint density at radius 2 is 1.17 bits per heavy atom. The monoisotopic (exact) mass is 481 g/mol. The molecule has 3 rings (SSSR count). The zero-order valence-corrected chi connectivity index (χ0v) is 18.4. The third kappa shape index (κ3) is 7.56. The van der Waals surface area contributed by atoms with Crippen molar-refractivity contribution in [1.29, 1.82) is 0 Å². The van der Waals surface area contributed by atoms with E-state index in [1.54, 1.807) is 10.6 Å². The van der Waals surface area contributed by atoms with E-state index in [4.69, 9.17) is 10.2 Å². The van der Waals surface area contributed by atoms with Crippen LogP contribution in [0.1, 0.15) is 12.8 Å². The summed E-state index contributed by atoms with van der Waals surface area (Å²) in [6.07, 6.45) is -2.72. The number of carbonyl (C=O) groups is 4. The van der Waals surface area contributed by atoms with E-state index < -0.39 is 24.0 Å². The van der Waals surface area contributed by atoms with Crippen molar-refractivity contribution in [3.8, 4) is 22.5 Å². The molecule has 182 valence electrons. The van der Waals surface area contributed by atoms with E-state index in [2.05, 4.69) is 26.0 Å². The number of anilines is 2. The number of nitrogens with zero attached hydrogens (tertiary/aromatic N) is 2. The van der Waals surface area contributed by atoms with Crippen LogP contribution in [-0.2, 0) is 9.59 Å². The average molecular weight is 481 g/mol. The normalized spacial score (nSPS) is 10.3. The molecule has 7 N–H and O–H groups in total. The van der Waals surface area contributed by atoms with Gasteiger partial charge in [0.15, 0.2) is 0 Å². The van der Waals surface area contributed by atoms with Crippen molar-refractivity contribution >= 4 is 35.4 Å². The van der Waals surface area contributed by atoms with Gasteiger partial charge < -0.3 is 20.8 Å². The van der Waals surface area contributed by atoms with Gasteiger partial charge in [0.2, 0.25) is 11.8 Å². The van der Waals surface area contributed by atoms with E-state index in [-0.39, 0.29) is 25.9 Å². The van der Waals surface area contributed by atoms with Crippen molar-refractivity contribution in [3.05, 3.63) is 48.5 Å². The van der Waals surface area contributed by atoms with Crippen LogP contribution in [0.5, 0.6) is 0 Å². The Labute approximate surface area is 198 Å². The number of carboxylic acid groups (broad SMARTS) is 2. The molecular formula is C22H23N7O6. The maximum Gasteiger partial charge on any atom is 0.411 e. The lowest BCUT2D eigenvalue weighted by molar-refractivity contribution is -0.121. The molecule has 1 heterocycles. The van der Waals surface area contributed by atoms with E-state index >= 15 is 0 Å². The summed E-state index contributed by atoms with van der Waals surface area (Å²) in [5.74, 6) is -1.17. The van der Waals surface area contributed by atoms with Crippen LogP contribution in [0.4, 0.5) is 21.0 Å². The van der Waals surface area contributed by atoms with E-state index in [1.165, 1.54) is 0 Å². The first-order valence-electron chi connectivity index (χ1n) is 10.5. The molecule has 2 aromatic carbocycles. The van der Waals surface area contributed by atoms with Crippen LogP contribution in [-0.4, -0.2) is 62.7 Å². The fourth-order valence-electron chi connectivity index (χ4n) is 3.14. The van der Waals surface area contributed by atoms with Crippen LogP contribution in [0.2, 0.25) is 0 Å². The summed E-state index contributed by atoms with van der Waals surface area (Å²) in [5, 5.41) is 37.7. The predicted molar refractivity (Wildman–Crippen MR) is 126 cm³/mol. The number of benzene rings is 2. The summed E-state index contributed by atoms with van der Waals surface area (Å²) in [6.45, 7) is 0.554. The summed E-state index contributed by atoms with van der Waals surface area (Å²) in [4.78, 5) is 43.6. The van der Waals surface area contributed by atoms with Gasteiger partial charge in [-0.2, -0.15) is 0 Å². The lowest BCUT2D eigenvalue weighted by Crippen LogP contribution is -2.29. The first kappa shape index (κ1) is 24.7. The first-order valence-corrected chi connectivity index (χ1v) is 10.5. The van der Waals surface area contributed by atoms with E-state index in [0.29, 0.717) is 11.4 Å². The molecular weight excluding hydrogens is 458 g/mol. The zero-order valence-electron chi connectivity index (χ0n) is 18.4. The number of carbonyl (C=O) groups excluding carboxylic acids is 2. The highest BCUT2D eigenvalue weighted by atomic mass is 16.4. The molecule has 0 aliphatic rings. The second kappa shape index (κ2) is 11.8. The van der Waals surface area contributed by atoms with E-state index in [9.17, 15) is 19.2 Å². The lowest BCUT2D eigenvalue weighted by atomic mass is 10.0. The number of hydrogen-bond donors (Lipinski definition) is 7. The molecule has 0 unspecified atom stereocenters. The van der Waals surface area contributed by atoms with Crippen molar-refractivity contribution in [2.24, 2.45) is 0 Å². The topological polar surface area (TPSA) is 198 Å². The van der Waals surface area contributed by atoms with Gasteiger partial charge in [-0.3, -0.25) is 25.3 Å². The second-order valence-electron chi connectivity index (χ2n) is 7.25. The molecule has 13 nitrogen and oxygen atoms in total. The second-order valence-corrected chi connectivity index (χ2v) is 7.25. The highest BCUT2D eigenvalue weighted by molar-refractivity contribution is 5.91. The van der Waals surface area contributed by atoms with Gasteiger partial charge in [0.25, 0.3) is 0 Å². The van der Waals surface area contributed by atoms with Crippen LogP contribution in [0, 0.1) is 0 Å². The molecule has 0 aliphatic heterocycles. The highest BCUT2D eigenvalue weighted by Gasteiger charge is 2.12. The van der Waals surface area contributed by atoms with Crippen LogP contribution in [0.15, 0.2) is 48.5 Å². The Kier molecular flexibility index (Phi) is 8.32. The molecule has 0 bridgehead atoms. The fraction of sp³-hybridized carbons (Fsp3) is 0.182. The van der Waals surface area contributed by atoms with Crippen molar-refractivity contribution in [2.45, 2.75) is 12.8 Å². The van der Waals surface area contributed by atoms with Crippen LogP contribution < -0.4 is 21.3 Å². The average Bonchev–Trinajstić information content (AvgIpc) is 3.29. The number of hydrogen-bond acceptors (Lipinski definition) is 8. The number of amides is 4. The number of rotatable bonds is 10. The smallest absolute Gasteiger partial charge is 0.411 e. The Hall–Kier alpha value is -4.94. The highest BCUT2D eigenvalue weighted by Crippen LogP contribution is 2.29. The summed E-state index contributed by atoms with van der Waals surface area (Å²) in [7, 11) is 0. The molecule has 0 saturated carbocycles. The van der Waals surface area contributed by atoms with Crippen molar-refractivity contribution in [2.75, 3.05) is 23.7 Å². The molecule has 0 atom stereocenters. The Bertz CT molecular complexity index is 1100. The molecule has 0 radical (unpaired) electrons. The molecule has 0 fully saturated rings. The summed E-state index contributed by atoms with van der Waals surface area (Å²) >= 11 is 0. The molecule has 13 heteroatoms. The predicted octanol–water partition coefficient (Wildman–Crippen LogP) is 2.33. The molecule has 3 aromatic rings. The molecule has 0 spiro atoms. The molecule has 0 saturated heterocycles. The van der Waals surface area contributed by atoms with Gasteiger partial charge in [-0.1, -0.05) is 29.5 Å². The quantitative estimate of drug-likeness (QED) is 0.225. The van der Waals surface area contributed by atoms with E-state index in [1.807, 2.05) is 48.5 Å². The van der Waals surface area contributed by atoms with Crippen LogP contribution >= 0.6 is 0 Å². The first-order chi connectivity index (χ1) is 16.8. The van der Waals surface area contributed by atoms with Crippen molar-refractivity contribution in [1.82, 2.24) is 26.0 Å². The molecule has 35 heavy (non-hydrogen) atoms. The summed E-state index contributed by atoms with van der Waals surface area (Å²) in [5.41, 5.74) is 4.53.